The summed E-state index contributed by atoms with van der Waals surface area (Å²) in [5.74, 6) is -4.32. The van der Waals surface area contributed by atoms with E-state index in [1.54, 1.807) is 0 Å². The van der Waals surface area contributed by atoms with Crippen molar-refractivity contribution in [1.82, 2.24) is 0 Å². The second kappa shape index (κ2) is 1.75. The fraction of sp³-hybridized carbons (Fsp3) is 0.143. The summed E-state index contributed by atoms with van der Waals surface area (Å²) in [4.78, 5) is 0. The Morgan fingerprint density at radius 1 is 1.09 bits per heavy atom. The summed E-state index contributed by atoms with van der Waals surface area (Å²) in [5, 5.41) is 0. The van der Waals surface area contributed by atoms with Gasteiger partial charge in [-0.05, 0) is 6.07 Å². The molecule has 1 aliphatic carbocycles. The summed E-state index contributed by atoms with van der Waals surface area (Å²) >= 11 is 0. The second-order valence-electron chi connectivity index (χ2n) is 2.35. The fourth-order valence-corrected chi connectivity index (χ4v) is 1.02. The van der Waals surface area contributed by atoms with Gasteiger partial charge in [-0.2, -0.15) is 0 Å². The Hall–Kier alpha value is -1.06. The molecule has 1 unspecified atom stereocenters. The van der Waals surface area contributed by atoms with E-state index in [9.17, 15) is 17.6 Å². The zero-order chi connectivity index (χ0) is 8.17. The van der Waals surface area contributed by atoms with Crippen molar-refractivity contribution in [2.45, 2.75) is 6.17 Å². The molecule has 0 N–H and O–H groups in total. The number of rotatable bonds is 0. The second-order valence-corrected chi connectivity index (χ2v) is 2.35. The molecule has 58 valence electrons. The minimum Gasteiger partial charge on any atom is -0.237 e. The van der Waals surface area contributed by atoms with Gasteiger partial charge in [-0.25, -0.2) is 17.6 Å². The van der Waals surface area contributed by atoms with Crippen molar-refractivity contribution in [2.75, 3.05) is 0 Å². The Labute approximate surface area is 59.5 Å². The van der Waals surface area contributed by atoms with E-state index in [4.69, 9.17) is 0 Å². The molecule has 1 aromatic rings. The number of halogens is 4. The van der Waals surface area contributed by atoms with Crippen molar-refractivity contribution in [3.05, 3.63) is 34.6 Å². The summed E-state index contributed by atoms with van der Waals surface area (Å²) in [6, 6.07) is 0.679. The first kappa shape index (κ1) is 6.64. The molecule has 1 aliphatic rings. The third-order valence-corrected chi connectivity index (χ3v) is 1.68. The van der Waals surface area contributed by atoms with Gasteiger partial charge in [0, 0.05) is 11.1 Å². The van der Waals surface area contributed by atoms with E-state index in [2.05, 4.69) is 0 Å². The van der Waals surface area contributed by atoms with Gasteiger partial charge in [0.05, 0.1) is 0 Å². The minimum absolute atomic E-state index is 0.0820. The Bertz CT molecular complexity index is 332. The van der Waals surface area contributed by atoms with Crippen LogP contribution in [0.15, 0.2) is 6.07 Å². The lowest BCUT2D eigenvalue weighted by molar-refractivity contribution is 0.433. The molecule has 0 aromatic heterocycles. The van der Waals surface area contributed by atoms with Crippen LogP contribution in [0.4, 0.5) is 17.6 Å². The lowest BCUT2D eigenvalue weighted by atomic mass is 10.3. The van der Waals surface area contributed by atoms with Crippen LogP contribution in [0.3, 0.4) is 0 Å². The maximum absolute atomic E-state index is 12.4. The van der Waals surface area contributed by atoms with Crippen LogP contribution < -0.4 is 0 Å². The average molecular weight is 162 g/mol. The first-order valence-corrected chi connectivity index (χ1v) is 2.94. The molecule has 0 spiro atoms. The molecule has 0 bridgehead atoms. The van der Waals surface area contributed by atoms with Crippen LogP contribution in [-0.4, -0.2) is 0 Å². The molecule has 2 rings (SSSR count). The van der Waals surface area contributed by atoms with E-state index in [1.807, 2.05) is 0 Å². The van der Waals surface area contributed by atoms with E-state index < -0.39 is 23.6 Å². The van der Waals surface area contributed by atoms with Crippen LogP contribution in [0.25, 0.3) is 0 Å². The summed E-state index contributed by atoms with van der Waals surface area (Å²) in [6.45, 7) is 0. The van der Waals surface area contributed by atoms with Gasteiger partial charge in [0.15, 0.2) is 23.6 Å². The molecule has 4 heteroatoms. The van der Waals surface area contributed by atoms with Crippen molar-refractivity contribution in [2.24, 2.45) is 0 Å². The van der Waals surface area contributed by atoms with Gasteiger partial charge in [0.25, 0.3) is 0 Å². The molecule has 0 radical (unpaired) electrons. The number of alkyl halides is 1. The minimum atomic E-state index is -1.60. The molecule has 0 saturated heterocycles. The summed E-state index contributed by atoms with van der Waals surface area (Å²) in [6.07, 6.45) is -1.60. The molecule has 0 saturated carbocycles. The van der Waals surface area contributed by atoms with E-state index in [0.717, 1.165) is 0 Å². The monoisotopic (exact) mass is 162 g/mol. The lowest BCUT2D eigenvalue weighted by Gasteiger charge is -1.89. The molecule has 0 nitrogen and oxygen atoms in total. The van der Waals surface area contributed by atoms with Crippen molar-refractivity contribution < 1.29 is 17.6 Å². The standard InChI is InChI=1S/C7H2F4/c8-3-1-2-4(5(2)9)7(11)6(3)10/h1,5H. The van der Waals surface area contributed by atoms with Crippen molar-refractivity contribution in [3.8, 4) is 0 Å². The van der Waals surface area contributed by atoms with Gasteiger partial charge in [-0.15, -0.1) is 0 Å². The first-order valence-electron chi connectivity index (χ1n) is 2.94. The highest BCUT2D eigenvalue weighted by atomic mass is 19.2. The Balaban J connectivity index is 2.67. The maximum Gasteiger partial charge on any atom is 0.194 e. The van der Waals surface area contributed by atoms with Gasteiger partial charge in [-0.3, -0.25) is 0 Å². The first-order chi connectivity index (χ1) is 5.13. The average Bonchev–Trinajstić information content (AvgIpc) is 2.57. The molecular formula is C7H2F4. The maximum atomic E-state index is 12.4. The molecule has 1 atom stereocenters. The molecular weight excluding hydrogens is 160 g/mol. The Morgan fingerprint density at radius 2 is 1.73 bits per heavy atom. The van der Waals surface area contributed by atoms with Gasteiger partial charge in [0.1, 0.15) is 0 Å². The van der Waals surface area contributed by atoms with Crippen LogP contribution in [0, 0.1) is 17.5 Å². The van der Waals surface area contributed by atoms with Gasteiger partial charge >= 0.3 is 0 Å². The van der Waals surface area contributed by atoms with E-state index in [0.29, 0.717) is 6.07 Å². The predicted octanol–water partition coefficient (Wildman–Crippen LogP) is 2.48. The molecule has 0 amide bonds. The topological polar surface area (TPSA) is 0 Å². The zero-order valence-corrected chi connectivity index (χ0v) is 5.17. The molecule has 0 heterocycles. The summed E-state index contributed by atoms with van der Waals surface area (Å²) in [7, 11) is 0. The normalized spacial score (nSPS) is 19.8. The summed E-state index contributed by atoms with van der Waals surface area (Å²) < 4.78 is 49.3. The van der Waals surface area contributed by atoms with E-state index in [-0.39, 0.29) is 11.1 Å². The predicted molar refractivity (Wildman–Crippen MR) is 29.3 cm³/mol. The molecule has 11 heavy (non-hydrogen) atoms. The fourth-order valence-electron chi connectivity index (χ4n) is 1.02. The highest BCUT2D eigenvalue weighted by Crippen LogP contribution is 2.47. The molecule has 0 aliphatic heterocycles. The highest BCUT2D eigenvalue weighted by molar-refractivity contribution is 5.51. The lowest BCUT2D eigenvalue weighted by Crippen LogP contribution is -1.87. The van der Waals surface area contributed by atoms with Crippen LogP contribution in [-0.2, 0) is 0 Å². The smallest absolute Gasteiger partial charge is 0.194 e. The van der Waals surface area contributed by atoms with Crippen LogP contribution in [0.1, 0.15) is 17.3 Å². The Kier molecular flexibility index (Phi) is 1.06. The Morgan fingerprint density at radius 3 is 2.36 bits per heavy atom. The third kappa shape index (κ3) is 0.692. The SMILES string of the molecule is Fc1cc2c(c(F)c1F)C2F. The molecule has 1 aromatic carbocycles. The van der Waals surface area contributed by atoms with Crippen LogP contribution in [0.5, 0.6) is 0 Å². The number of benzene rings is 1. The van der Waals surface area contributed by atoms with Gasteiger partial charge in [-0.1, -0.05) is 0 Å². The van der Waals surface area contributed by atoms with Gasteiger partial charge < -0.3 is 0 Å². The largest absolute Gasteiger partial charge is 0.237 e. The number of hydrogen-bond donors (Lipinski definition) is 0. The van der Waals surface area contributed by atoms with E-state index >= 15 is 0 Å². The van der Waals surface area contributed by atoms with Crippen LogP contribution >= 0.6 is 0 Å². The highest BCUT2D eigenvalue weighted by Gasteiger charge is 2.39. The van der Waals surface area contributed by atoms with Gasteiger partial charge in [0.2, 0.25) is 0 Å². The van der Waals surface area contributed by atoms with Crippen molar-refractivity contribution in [1.29, 1.82) is 0 Å². The molecule has 0 fully saturated rings. The third-order valence-electron chi connectivity index (χ3n) is 1.68. The number of hydrogen-bond acceptors (Lipinski definition) is 0. The summed E-state index contributed by atoms with van der Waals surface area (Å²) in [5.41, 5.74) is -0.426. The zero-order valence-electron chi connectivity index (χ0n) is 5.17. The number of fused-ring (bicyclic) bond motifs is 1. The van der Waals surface area contributed by atoms with Crippen molar-refractivity contribution in [3.63, 3.8) is 0 Å². The van der Waals surface area contributed by atoms with E-state index in [1.165, 1.54) is 0 Å². The van der Waals surface area contributed by atoms with Crippen LogP contribution in [0.2, 0.25) is 0 Å². The van der Waals surface area contributed by atoms with Crippen molar-refractivity contribution >= 4 is 0 Å². The quantitative estimate of drug-likeness (QED) is 0.406.